The highest BCUT2D eigenvalue weighted by Gasteiger charge is 2.44. The van der Waals surface area contributed by atoms with E-state index in [-0.39, 0.29) is 0 Å². The summed E-state index contributed by atoms with van der Waals surface area (Å²) in [5.74, 6) is 0. The van der Waals surface area contributed by atoms with Gasteiger partial charge in [-0.05, 0) is 55.0 Å². The van der Waals surface area contributed by atoms with Crippen LogP contribution in [0.3, 0.4) is 0 Å². The smallest absolute Gasteiger partial charge is 0.145 e. The van der Waals surface area contributed by atoms with Crippen LogP contribution in [0.1, 0.15) is 6.92 Å². The van der Waals surface area contributed by atoms with E-state index < -0.39 is 7.26 Å². The van der Waals surface area contributed by atoms with Crippen molar-refractivity contribution in [2.45, 2.75) is 6.92 Å². The van der Waals surface area contributed by atoms with E-state index in [0.29, 0.717) is 0 Å². The molecule has 2 heteroatoms. The van der Waals surface area contributed by atoms with Gasteiger partial charge in [-0.2, -0.15) is 0 Å². The molecule has 3 rings (SSSR count). The summed E-state index contributed by atoms with van der Waals surface area (Å²) < 4.78 is 0. The van der Waals surface area contributed by atoms with Crippen LogP contribution in [-0.4, -0.2) is 12.4 Å². The number of hydrogen-bond donors (Lipinski definition) is 0. The Balaban J connectivity index is 2.29. The van der Waals surface area contributed by atoms with E-state index >= 15 is 0 Å². The summed E-state index contributed by atoms with van der Waals surface area (Å²) in [6, 6.07) is 32.1. The van der Waals surface area contributed by atoms with Crippen molar-refractivity contribution in [2.24, 2.45) is 0 Å². The van der Waals surface area contributed by atoms with Gasteiger partial charge < -0.3 is 0 Å². The third kappa shape index (κ3) is 3.62. The molecule has 0 saturated heterocycles. The minimum Gasteiger partial charge on any atom is -0.298 e. The molecule has 0 spiro atoms. The summed E-state index contributed by atoms with van der Waals surface area (Å²) in [4.78, 5) is 11.2. The predicted octanol–water partition coefficient (Wildman–Crippen LogP) is 4.13. The lowest BCUT2D eigenvalue weighted by molar-refractivity contribution is -0.104. The van der Waals surface area contributed by atoms with E-state index in [2.05, 4.69) is 97.1 Å². The zero-order valence-corrected chi connectivity index (χ0v) is 15.3. The molecule has 3 aromatic carbocycles. The van der Waals surface area contributed by atoms with E-state index in [1.54, 1.807) is 0 Å². The van der Waals surface area contributed by atoms with Crippen molar-refractivity contribution in [1.29, 1.82) is 0 Å². The first kappa shape index (κ1) is 17.3. The Hall–Kier alpha value is -2.50. The van der Waals surface area contributed by atoms with Gasteiger partial charge in [-0.15, -0.1) is 0 Å². The van der Waals surface area contributed by atoms with Gasteiger partial charge in [0.2, 0.25) is 0 Å². The Kier molecular flexibility index (Phi) is 5.58. The fourth-order valence-electron chi connectivity index (χ4n) is 3.14. The van der Waals surface area contributed by atoms with Gasteiger partial charge in [-0.1, -0.05) is 54.6 Å². The van der Waals surface area contributed by atoms with Crippen molar-refractivity contribution in [1.82, 2.24) is 0 Å². The summed E-state index contributed by atoms with van der Waals surface area (Å²) in [5, 5.41) is 4.01. The highest BCUT2D eigenvalue weighted by Crippen LogP contribution is 2.55. The average molecular weight is 345 g/mol. The first-order valence-electron chi connectivity index (χ1n) is 8.44. The fraction of sp³-hybridized carbons (Fsp3) is 0.0870. The Morgan fingerprint density at radius 1 is 0.720 bits per heavy atom. The van der Waals surface area contributed by atoms with Gasteiger partial charge in [0, 0.05) is 0 Å². The lowest BCUT2D eigenvalue weighted by Crippen LogP contribution is -2.33. The molecule has 0 aromatic heterocycles. The van der Waals surface area contributed by atoms with E-state index in [0.717, 1.165) is 18.0 Å². The molecule has 25 heavy (non-hydrogen) atoms. The molecular weight excluding hydrogens is 323 g/mol. The van der Waals surface area contributed by atoms with Crippen LogP contribution < -0.4 is 15.9 Å². The van der Waals surface area contributed by atoms with Crippen molar-refractivity contribution < 1.29 is 4.79 Å². The maximum atomic E-state index is 11.2. The molecule has 0 aliphatic heterocycles. The van der Waals surface area contributed by atoms with Crippen molar-refractivity contribution in [3.8, 4) is 0 Å². The SMILES string of the molecule is CC(C=O)=CC[P+](c1ccccc1)(c1ccccc1)c1ccccc1. The van der Waals surface area contributed by atoms with Crippen LogP contribution >= 0.6 is 7.26 Å². The number of allylic oxidation sites excluding steroid dienone is 2. The van der Waals surface area contributed by atoms with Crippen LogP contribution in [-0.2, 0) is 4.79 Å². The zero-order valence-electron chi connectivity index (χ0n) is 14.4. The zero-order chi connectivity index (χ0) is 17.5. The molecule has 0 saturated carbocycles. The van der Waals surface area contributed by atoms with Gasteiger partial charge in [-0.3, -0.25) is 4.79 Å². The van der Waals surface area contributed by atoms with Gasteiger partial charge in [0.25, 0.3) is 0 Å². The van der Waals surface area contributed by atoms with E-state index in [1.165, 1.54) is 15.9 Å². The minimum atomic E-state index is -1.86. The molecule has 0 fully saturated rings. The van der Waals surface area contributed by atoms with E-state index in [4.69, 9.17) is 0 Å². The van der Waals surface area contributed by atoms with Crippen LogP contribution in [0.2, 0.25) is 0 Å². The van der Waals surface area contributed by atoms with Crippen LogP contribution in [0.5, 0.6) is 0 Å². The van der Waals surface area contributed by atoms with Crippen molar-refractivity contribution in [2.75, 3.05) is 6.16 Å². The molecule has 0 heterocycles. The maximum Gasteiger partial charge on any atom is 0.145 e. The summed E-state index contributed by atoms with van der Waals surface area (Å²) >= 11 is 0. The first-order chi connectivity index (χ1) is 12.3. The third-order valence-corrected chi connectivity index (χ3v) is 8.73. The standard InChI is InChI=1S/C23H22OP/c1-20(19-24)17-18-25(21-11-5-2-6-12-21,22-13-7-3-8-14-22)23-15-9-4-10-16-23/h2-17,19H,18H2,1H3/q+1. The molecule has 1 nitrogen and oxygen atoms in total. The normalized spacial score (nSPS) is 12.0. The second-order valence-electron chi connectivity index (χ2n) is 6.06. The summed E-state index contributed by atoms with van der Waals surface area (Å²) in [6.07, 6.45) is 3.87. The summed E-state index contributed by atoms with van der Waals surface area (Å²) in [6.45, 7) is 1.88. The number of aldehydes is 1. The average Bonchev–Trinajstić information content (AvgIpc) is 2.71. The maximum absolute atomic E-state index is 11.2. The highest BCUT2D eigenvalue weighted by molar-refractivity contribution is 7.95. The molecule has 0 aliphatic carbocycles. The third-order valence-electron chi connectivity index (χ3n) is 4.46. The van der Waals surface area contributed by atoms with Gasteiger partial charge in [0.05, 0.1) is 6.16 Å². The molecule has 0 atom stereocenters. The predicted molar refractivity (Wildman–Crippen MR) is 110 cm³/mol. The topological polar surface area (TPSA) is 17.1 Å². The van der Waals surface area contributed by atoms with Gasteiger partial charge >= 0.3 is 0 Å². The Bertz CT molecular complexity index is 742. The largest absolute Gasteiger partial charge is 0.298 e. The number of rotatable bonds is 6. The number of hydrogen-bond acceptors (Lipinski definition) is 1. The second-order valence-corrected chi connectivity index (χ2v) is 9.60. The molecule has 124 valence electrons. The fourth-order valence-corrected chi connectivity index (χ4v) is 7.27. The summed E-state index contributed by atoms with van der Waals surface area (Å²) in [5.41, 5.74) is 0.784. The molecule has 0 bridgehead atoms. The number of benzene rings is 3. The molecule has 3 aromatic rings. The second kappa shape index (κ2) is 8.05. The van der Waals surface area contributed by atoms with Gasteiger partial charge in [0.15, 0.2) is 0 Å². The van der Waals surface area contributed by atoms with Crippen LogP contribution in [0.25, 0.3) is 0 Å². The quantitative estimate of drug-likeness (QED) is 0.373. The molecule has 0 radical (unpaired) electrons. The molecule has 0 amide bonds. The van der Waals surface area contributed by atoms with E-state index in [9.17, 15) is 4.79 Å². The minimum absolute atomic E-state index is 0.784. The number of carbonyl (C=O) groups excluding carboxylic acids is 1. The summed E-state index contributed by atoms with van der Waals surface area (Å²) in [7, 11) is -1.86. The lowest BCUT2D eigenvalue weighted by atomic mass is 10.3. The highest BCUT2D eigenvalue weighted by atomic mass is 31.2. The van der Waals surface area contributed by atoms with Crippen molar-refractivity contribution in [3.63, 3.8) is 0 Å². The first-order valence-corrected chi connectivity index (χ1v) is 10.4. The molecule has 0 N–H and O–H groups in total. The van der Waals surface area contributed by atoms with Crippen LogP contribution in [0, 0.1) is 0 Å². The molecule has 0 unspecified atom stereocenters. The number of carbonyl (C=O) groups is 1. The lowest BCUT2D eigenvalue weighted by Gasteiger charge is -2.26. The van der Waals surface area contributed by atoms with Crippen molar-refractivity contribution >= 4 is 29.5 Å². The molecular formula is C23H22OP+. The van der Waals surface area contributed by atoms with Crippen LogP contribution in [0.4, 0.5) is 0 Å². The van der Waals surface area contributed by atoms with Crippen LogP contribution in [0.15, 0.2) is 103 Å². The Morgan fingerprint density at radius 2 is 1.08 bits per heavy atom. The monoisotopic (exact) mass is 345 g/mol. The Morgan fingerprint density at radius 3 is 1.40 bits per heavy atom. The van der Waals surface area contributed by atoms with E-state index in [1.807, 2.05) is 6.92 Å². The van der Waals surface area contributed by atoms with Crippen molar-refractivity contribution in [3.05, 3.63) is 103 Å². The van der Waals surface area contributed by atoms with Gasteiger partial charge in [-0.25, -0.2) is 0 Å². The Labute approximate surface area is 150 Å². The van der Waals surface area contributed by atoms with Gasteiger partial charge in [0.1, 0.15) is 29.5 Å². The molecule has 0 aliphatic rings.